The Hall–Kier alpha value is -2.72. The van der Waals surface area contributed by atoms with E-state index in [-0.39, 0.29) is 5.57 Å². The lowest BCUT2D eigenvalue weighted by Gasteiger charge is -2.20. The van der Waals surface area contributed by atoms with Crippen molar-refractivity contribution in [1.82, 2.24) is 4.90 Å². The zero-order chi connectivity index (χ0) is 16.5. The summed E-state index contributed by atoms with van der Waals surface area (Å²) in [5.74, 6) is -1.05. The van der Waals surface area contributed by atoms with Crippen molar-refractivity contribution in [2.75, 3.05) is 6.67 Å². The molecule has 0 radical (unpaired) electrons. The third kappa shape index (κ3) is 5.88. The Morgan fingerprint density at radius 2 is 1.48 bits per heavy atom. The van der Waals surface area contributed by atoms with Gasteiger partial charge in [0.15, 0.2) is 0 Å². The highest BCUT2D eigenvalue weighted by molar-refractivity contribution is 6.07. The lowest BCUT2D eigenvalue weighted by molar-refractivity contribution is -0.131. The van der Waals surface area contributed by atoms with Gasteiger partial charge in [-0.05, 0) is 11.1 Å². The maximum absolute atomic E-state index is 10.8. The molecule has 0 atom stereocenters. The zero-order valence-corrected chi connectivity index (χ0v) is 12.9. The maximum atomic E-state index is 10.8. The summed E-state index contributed by atoms with van der Waals surface area (Å²) in [6.45, 7) is 5.35. The summed E-state index contributed by atoms with van der Waals surface area (Å²) in [6, 6.07) is 20.3. The SMILES string of the molecule is C=C(/C=N\CN(Cc1ccccc1)Cc1ccccc1)C(=O)O. The van der Waals surface area contributed by atoms with Gasteiger partial charge >= 0.3 is 5.97 Å². The van der Waals surface area contributed by atoms with Crippen molar-refractivity contribution in [3.8, 4) is 0 Å². The molecule has 0 bridgehead atoms. The Kier molecular flexibility index (Phi) is 6.27. The minimum absolute atomic E-state index is 0.00984. The summed E-state index contributed by atoms with van der Waals surface area (Å²) >= 11 is 0. The second kappa shape index (κ2) is 8.66. The molecule has 2 aromatic carbocycles. The Morgan fingerprint density at radius 3 is 1.91 bits per heavy atom. The summed E-state index contributed by atoms with van der Waals surface area (Å²) < 4.78 is 0. The van der Waals surface area contributed by atoms with Crippen molar-refractivity contribution >= 4 is 12.2 Å². The molecule has 0 saturated heterocycles. The number of nitrogens with zero attached hydrogens (tertiary/aromatic N) is 2. The molecule has 0 aliphatic rings. The fourth-order valence-corrected chi connectivity index (χ4v) is 2.16. The van der Waals surface area contributed by atoms with Gasteiger partial charge in [-0.1, -0.05) is 67.2 Å². The molecule has 0 amide bonds. The molecule has 0 aromatic heterocycles. The van der Waals surface area contributed by atoms with E-state index in [2.05, 4.69) is 40.7 Å². The average molecular weight is 308 g/mol. The predicted octanol–water partition coefficient (Wildman–Crippen LogP) is 3.36. The molecule has 4 nitrogen and oxygen atoms in total. The standard InChI is InChI=1S/C19H20N2O2/c1-16(19(22)23)12-20-15-21(13-17-8-4-2-5-9-17)14-18-10-6-3-7-11-18/h2-12H,1,13-15H2,(H,22,23)/b20-12-. The van der Waals surface area contributed by atoms with Gasteiger partial charge in [-0.25, -0.2) is 4.79 Å². The molecule has 0 fully saturated rings. The molecule has 2 rings (SSSR count). The van der Waals surface area contributed by atoms with Crippen molar-refractivity contribution in [1.29, 1.82) is 0 Å². The van der Waals surface area contributed by atoms with Crippen molar-refractivity contribution in [3.63, 3.8) is 0 Å². The Balaban J connectivity index is 2.04. The summed E-state index contributed by atoms with van der Waals surface area (Å²) in [7, 11) is 0. The van der Waals surface area contributed by atoms with Gasteiger partial charge in [0.2, 0.25) is 0 Å². The van der Waals surface area contributed by atoms with Crippen LogP contribution in [0.2, 0.25) is 0 Å². The van der Waals surface area contributed by atoms with Gasteiger partial charge in [0.1, 0.15) is 0 Å². The molecule has 0 heterocycles. The van der Waals surface area contributed by atoms with Crippen LogP contribution >= 0.6 is 0 Å². The summed E-state index contributed by atoms with van der Waals surface area (Å²) in [5, 5.41) is 8.81. The fourth-order valence-electron chi connectivity index (χ4n) is 2.16. The van der Waals surface area contributed by atoms with Crippen LogP contribution in [0, 0.1) is 0 Å². The first-order valence-corrected chi connectivity index (χ1v) is 7.37. The summed E-state index contributed by atoms with van der Waals surface area (Å²) in [5.41, 5.74) is 2.37. The van der Waals surface area contributed by atoms with Gasteiger partial charge in [0.25, 0.3) is 0 Å². The van der Waals surface area contributed by atoms with Crippen LogP contribution < -0.4 is 0 Å². The van der Waals surface area contributed by atoms with E-state index >= 15 is 0 Å². The zero-order valence-electron chi connectivity index (χ0n) is 12.9. The molecule has 2 aromatic rings. The van der Waals surface area contributed by atoms with Crippen molar-refractivity contribution < 1.29 is 9.90 Å². The minimum atomic E-state index is -1.05. The smallest absolute Gasteiger partial charge is 0.336 e. The maximum Gasteiger partial charge on any atom is 0.336 e. The summed E-state index contributed by atoms with van der Waals surface area (Å²) in [4.78, 5) is 17.1. The van der Waals surface area contributed by atoms with Crippen LogP contribution in [-0.2, 0) is 17.9 Å². The number of carbonyl (C=O) groups is 1. The summed E-state index contributed by atoms with van der Waals surface area (Å²) in [6.07, 6.45) is 1.31. The van der Waals surface area contributed by atoms with Crippen LogP contribution in [0.1, 0.15) is 11.1 Å². The molecular weight excluding hydrogens is 288 g/mol. The van der Waals surface area contributed by atoms with Crippen LogP contribution in [-0.4, -0.2) is 28.9 Å². The van der Waals surface area contributed by atoms with Crippen molar-refractivity contribution in [2.45, 2.75) is 13.1 Å². The first kappa shape index (κ1) is 16.6. The number of carboxylic acid groups (broad SMARTS) is 1. The van der Waals surface area contributed by atoms with Gasteiger partial charge in [-0.15, -0.1) is 0 Å². The van der Waals surface area contributed by atoms with E-state index in [0.29, 0.717) is 6.67 Å². The topological polar surface area (TPSA) is 52.9 Å². The Bertz CT molecular complexity index is 625. The van der Waals surface area contributed by atoms with Crippen LogP contribution in [0.4, 0.5) is 0 Å². The van der Waals surface area contributed by atoms with E-state index in [4.69, 9.17) is 5.11 Å². The quantitative estimate of drug-likeness (QED) is 0.601. The van der Waals surface area contributed by atoms with E-state index in [9.17, 15) is 4.79 Å². The third-order valence-electron chi connectivity index (χ3n) is 3.30. The van der Waals surface area contributed by atoms with Crippen LogP contribution in [0.5, 0.6) is 0 Å². The molecule has 1 N–H and O–H groups in total. The van der Waals surface area contributed by atoms with Gasteiger partial charge in [-0.2, -0.15) is 0 Å². The molecule has 0 unspecified atom stereocenters. The first-order chi connectivity index (χ1) is 11.1. The first-order valence-electron chi connectivity index (χ1n) is 7.37. The second-order valence-corrected chi connectivity index (χ2v) is 5.24. The number of hydrogen-bond acceptors (Lipinski definition) is 3. The number of aliphatic imine (C=N–C) groups is 1. The van der Waals surface area contributed by atoms with E-state index in [1.165, 1.54) is 17.3 Å². The van der Waals surface area contributed by atoms with Gasteiger partial charge < -0.3 is 5.11 Å². The highest BCUT2D eigenvalue weighted by Crippen LogP contribution is 2.10. The van der Waals surface area contributed by atoms with E-state index < -0.39 is 5.97 Å². The number of hydrogen-bond donors (Lipinski definition) is 1. The van der Waals surface area contributed by atoms with Crippen LogP contribution in [0.15, 0.2) is 77.8 Å². The molecule has 0 aliphatic heterocycles. The van der Waals surface area contributed by atoms with E-state index in [0.717, 1.165) is 13.1 Å². The molecule has 0 aliphatic carbocycles. The monoisotopic (exact) mass is 308 g/mol. The third-order valence-corrected chi connectivity index (χ3v) is 3.30. The Labute approximate surface area is 136 Å². The molecule has 4 heteroatoms. The average Bonchev–Trinajstić information content (AvgIpc) is 2.56. The largest absolute Gasteiger partial charge is 0.478 e. The fraction of sp³-hybridized carbons (Fsp3) is 0.158. The molecule has 0 spiro atoms. The van der Waals surface area contributed by atoms with Crippen LogP contribution in [0.3, 0.4) is 0 Å². The predicted molar refractivity (Wildman–Crippen MR) is 92.3 cm³/mol. The van der Waals surface area contributed by atoms with Crippen molar-refractivity contribution in [3.05, 3.63) is 83.9 Å². The second-order valence-electron chi connectivity index (χ2n) is 5.24. The normalized spacial score (nSPS) is 11.0. The number of rotatable bonds is 8. The highest BCUT2D eigenvalue weighted by atomic mass is 16.4. The number of aliphatic carboxylic acids is 1. The molecule has 0 saturated carbocycles. The molecular formula is C19H20N2O2. The van der Waals surface area contributed by atoms with Gasteiger partial charge in [0, 0.05) is 19.3 Å². The van der Waals surface area contributed by atoms with Crippen molar-refractivity contribution in [2.24, 2.45) is 4.99 Å². The van der Waals surface area contributed by atoms with Gasteiger partial charge in [-0.3, -0.25) is 9.89 Å². The van der Waals surface area contributed by atoms with E-state index in [1.807, 2.05) is 36.4 Å². The molecule has 23 heavy (non-hydrogen) atoms. The lowest BCUT2D eigenvalue weighted by atomic mass is 10.2. The number of benzene rings is 2. The highest BCUT2D eigenvalue weighted by Gasteiger charge is 2.07. The number of carboxylic acids is 1. The minimum Gasteiger partial charge on any atom is -0.478 e. The van der Waals surface area contributed by atoms with E-state index in [1.54, 1.807) is 0 Å². The van der Waals surface area contributed by atoms with Crippen LogP contribution in [0.25, 0.3) is 0 Å². The Morgan fingerprint density at radius 1 is 1.00 bits per heavy atom. The van der Waals surface area contributed by atoms with Gasteiger partial charge in [0.05, 0.1) is 12.2 Å². The molecule has 118 valence electrons. The lowest BCUT2D eigenvalue weighted by Crippen LogP contribution is -2.23.